The van der Waals surface area contributed by atoms with Gasteiger partial charge in [0.15, 0.2) is 0 Å². The van der Waals surface area contributed by atoms with E-state index in [1.165, 1.54) is 6.07 Å². The van der Waals surface area contributed by atoms with Crippen molar-refractivity contribution in [1.29, 1.82) is 0 Å². The summed E-state index contributed by atoms with van der Waals surface area (Å²) in [4.78, 5) is 11.4. The maximum atomic E-state index is 13.6. The zero-order chi connectivity index (χ0) is 20.2. The minimum absolute atomic E-state index is 0.0206. The molecule has 1 saturated carbocycles. The van der Waals surface area contributed by atoms with Gasteiger partial charge in [-0.2, -0.15) is 0 Å². The number of benzene rings is 2. The molecule has 0 unspecified atom stereocenters. The number of hydrogen-bond acceptors (Lipinski definition) is 2. The third-order valence-corrected chi connectivity index (χ3v) is 5.40. The van der Waals surface area contributed by atoms with E-state index in [0.29, 0.717) is 5.56 Å². The Morgan fingerprint density at radius 2 is 1.89 bits per heavy atom. The summed E-state index contributed by atoms with van der Waals surface area (Å²) < 4.78 is 29.2. The zero-order valence-electron chi connectivity index (χ0n) is 15.6. The van der Waals surface area contributed by atoms with Gasteiger partial charge in [0.1, 0.15) is 5.75 Å². The smallest absolute Gasteiger partial charge is 0.335 e. The molecule has 1 heterocycles. The molecule has 6 heteroatoms. The minimum Gasteiger partial charge on any atom is -0.508 e. The van der Waals surface area contributed by atoms with Crippen molar-refractivity contribution in [3.05, 3.63) is 53.7 Å². The lowest BCUT2D eigenvalue weighted by atomic mass is 9.87. The Kier molecular flexibility index (Phi) is 4.17. The van der Waals surface area contributed by atoms with Gasteiger partial charge < -0.3 is 14.8 Å². The number of phenolic OH excluding ortho intramolecular Hbond substituents is 1. The molecule has 4 rings (SSSR count). The Morgan fingerprint density at radius 1 is 1.18 bits per heavy atom. The van der Waals surface area contributed by atoms with Gasteiger partial charge in [0, 0.05) is 41.0 Å². The molecule has 0 amide bonds. The van der Waals surface area contributed by atoms with E-state index in [2.05, 4.69) is 0 Å². The van der Waals surface area contributed by atoms with Crippen LogP contribution in [0.3, 0.4) is 0 Å². The molecule has 0 spiro atoms. The molecular formula is C22H21F2NO3. The summed E-state index contributed by atoms with van der Waals surface area (Å²) in [7, 11) is 0. The number of phenols is 1. The molecule has 1 fully saturated rings. The third kappa shape index (κ3) is 2.93. The lowest BCUT2D eigenvalue weighted by molar-refractivity contribution is -0.103. The van der Waals surface area contributed by atoms with Crippen molar-refractivity contribution in [2.45, 2.75) is 44.6 Å². The Balaban J connectivity index is 2.02. The number of aromatic carboxylic acids is 1. The molecule has 1 aliphatic carbocycles. The number of aromatic hydroxyl groups is 1. The Hall–Kier alpha value is -2.89. The first-order chi connectivity index (χ1) is 13.2. The summed E-state index contributed by atoms with van der Waals surface area (Å²) in [6, 6.07) is 11.2. The standard InChI is InChI=1S/C22H21F2NO3/c1-12(2)20-19(13-4-3-5-14(8-13)21(27)28)17-9-16(26)6-7-18(17)25(20)15-10-22(23,24)11-15/h3-9,12,15,26H,10-11H2,1-2H3,(H,27,28). The average Bonchev–Trinajstić information content (AvgIpc) is 2.93. The van der Waals surface area contributed by atoms with Crippen LogP contribution in [0.4, 0.5) is 8.78 Å². The number of halogens is 2. The second kappa shape index (κ2) is 6.33. The summed E-state index contributed by atoms with van der Waals surface area (Å²) in [6.07, 6.45) is -0.433. The zero-order valence-corrected chi connectivity index (χ0v) is 15.6. The molecule has 0 saturated heterocycles. The van der Waals surface area contributed by atoms with E-state index in [1.807, 2.05) is 24.5 Å². The Bertz CT molecular complexity index is 1080. The van der Waals surface area contributed by atoms with Gasteiger partial charge in [-0.3, -0.25) is 0 Å². The number of rotatable bonds is 4. The maximum absolute atomic E-state index is 13.6. The maximum Gasteiger partial charge on any atom is 0.335 e. The summed E-state index contributed by atoms with van der Waals surface area (Å²) >= 11 is 0. The summed E-state index contributed by atoms with van der Waals surface area (Å²) in [5.74, 6) is -3.59. The molecule has 2 aromatic carbocycles. The number of aromatic nitrogens is 1. The van der Waals surface area contributed by atoms with Crippen LogP contribution in [0.5, 0.6) is 5.75 Å². The van der Waals surface area contributed by atoms with Crippen LogP contribution >= 0.6 is 0 Å². The number of alkyl halides is 2. The van der Waals surface area contributed by atoms with E-state index in [4.69, 9.17) is 0 Å². The fraction of sp³-hybridized carbons (Fsp3) is 0.318. The van der Waals surface area contributed by atoms with Crippen molar-refractivity contribution in [2.75, 3.05) is 0 Å². The van der Waals surface area contributed by atoms with E-state index in [1.54, 1.807) is 30.3 Å². The van der Waals surface area contributed by atoms with Crippen molar-refractivity contribution in [2.24, 2.45) is 0 Å². The monoisotopic (exact) mass is 385 g/mol. The van der Waals surface area contributed by atoms with Crippen molar-refractivity contribution < 1.29 is 23.8 Å². The van der Waals surface area contributed by atoms with E-state index < -0.39 is 11.9 Å². The number of carboxylic acid groups (broad SMARTS) is 1. The average molecular weight is 385 g/mol. The molecular weight excluding hydrogens is 364 g/mol. The first-order valence-electron chi connectivity index (χ1n) is 9.26. The van der Waals surface area contributed by atoms with Crippen LogP contribution in [0.15, 0.2) is 42.5 Å². The van der Waals surface area contributed by atoms with Crippen molar-refractivity contribution in [1.82, 2.24) is 4.57 Å². The Morgan fingerprint density at radius 3 is 2.50 bits per heavy atom. The van der Waals surface area contributed by atoms with Gasteiger partial charge in [-0.1, -0.05) is 26.0 Å². The topological polar surface area (TPSA) is 62.5 Å². The van der Waals surface area contributed by atoms with Crippen LogP contribution in [-0.4, -0.2) is 26.7 Å². The molecule has 0 bridgehead atoms. The van der Waals surface area contributed by atoms with E-state index in [0.717, 1.165) is 22.2 Å². The quantitative estimate of drug-likeness (QED) is 0.596. The highest BCUT2D eigenvalue weighted by Crippen LogP contribution is 2.50. The first-order valence-corrected chi connectivity index (χ1v) is 9.26. The molecule has 1 aromatic heterocycles. The van der Waals surface area contributed by atoms with Gasteiger partial charge in [0.2, 0.25) is 0 Å². The highest BCUT2D eigenvalue weighted by atomic mass is 19.3. The molecule has 0 radical (unpaired) electrons. The predicted octanol–water partition coefficient (Wildman–Crippen LogP) is 5.81. The van der Waals surface area contributed by atoms with E-state index in [-0.39, 0.29) is 36.1 Å². The van der Waals surface area contributed by atoms with Gasteiger partial charge in [-0.15, -0.1) is 0 Å². The fourth-order valence-corrected chi connectivity index (χ4v) is 4.21. The SMILES string of the molecule is CC(C)c1c(-c2cccc(C(=O)O)c2)c2cc(O)ccc2n1C1CC(F)(F)C1. The van der Waals surface area contributed by atoms with E-state index >= 15 is 0 Å². The second-order valence-corrected chi connectivity index (χ2v) is 7.79. The van der Waals surface area contributed by atoms with Crippen LogP contribution in [0.1, 0.15) is 54.7 Å². The van der Waals surface area contributed by atoms with Crippen molar-refractivity contribution in [3.8, 4) is 16.9 Å². The molecule has 0 atom stereocenters. The second-order valence-electron chi connectivity index (χ2n) is 7.79. The normalized spacial score (nSPS) is 16.5. The molecule has 146 valence electrons. The van der Waals surface area contributed by atoms with Crippen molar-refractivity contribution >= 4 is 16.9 Å². The van der Waals surface area contributed by atoms with E-state index in [9.17, 15) is 23.8 Å². The lowest BCUT2D eigenvalue weighted by Crippen LogP contribution is -2.37. The summed E-state index contributed by atoms with van der Waals surface area (Å²) in [6.45, 7) is 3.98. The van der Waals surface area contributed by atoms with Gasteiger partial charge in [-0.25, -0.2) is 13.6 Å². The first kappa shape index (κ1) is 18.5. The third-order valence-electron chi connectivity index (χ3n) is 5.40. The predicted molar refractivity (Wildman–Crippen MR) is 103 cm³/mol. The molecule has 2 N–H and O–H groups in total. The van der Waals surface area contributed by atoms with Gasteiger partial charge in [-0.05, 0) is 41.8 Å². The van der Waals surface area contributed by atoms with Gasteiger partial charge >= 0.3 is 5.97 Å². The summed E-state index contributed by atoms with van der Waals surface area (Å²) in [5, 5.41) is 20.2. The summed E-state index contributed by atoms with van der Waals surface area (Å²) in [5.41, 5.74) is 3.30. The number of carbonyl (C=O) groups is 1. The highest BCUT2D eigenvalue weighted by Gasteiger charge is 2.47. The van der Waals surface area contributed by atoms with Crippen LogP contribution in [0.25, 0.3) is 22.0 Å². The van der Waals surface area contributed by atoms with Crippen LogP contribution in [0.2, 0.25) is 0 Å². The number of carboxylic acids is 1. The molecule has 0 aliphatic heterocycles. The number of hydrogen-bond donors (Lipinski definition) is 2. The minimum atomic E-state index is -2.66. The molecule has 28 heavy (non-hydrogen) atoms. The van der Waals surface area contributed by atoms with Crippen molar-refractivity contribution in [3.63, 3.8) is 0 Å². The highest BCUT2D eigenvalue weighted by molar-refractivity contribution is 6.00. The van der Waals surface area contributed by atoms with Crippen LogP contribution in [0, 0.1) is 0 Å². The van der Waals surface area contributed by atoms with Gasteiger partial charge in [0.25, 0.3) is 5.92 Å². The molecule has 4 nitrogen and oxygen atoms in total. The lowest BCUT2D eigenvalue weighted by Gasteiger charge is -2.38. The number of fused-ring (bicyclic) bond motifs is 1. The largest absolute Gasteiger partial charge is 0.508 e. The molecule has 1 aliphatic rings. The molecule has 3 aromatic rings. The van der Waals surface area contributed by atoms with Crippen LogP contribution in [-0.2, 0) is 0 Å². The number of nitrogens with zero attached hydrogens (tertiary/aromatic N) is 1. The van der Waals surface area contributed by atoms with Gasteiger partial charge in [0.05, 0.1) is 5.56 Å². The fourth-order valence-electron chi connectivity index (χ4n) is 4.21. The Labute approximate surface area is 161 Å². The van der Waals surface area contributed by atoms with Crippen LogP contribution < -0.4 is 0 Å².